The van der Waals surface area contributed by atoms with E-state index in [9.17, 15) is 10.1 Å². The Morgan fingerprint density at radius 1 is 1.43 bits per heavy atom. The maximum Gasteiger partial charge on any atom is 0.310 e. The molecule has 0 spiro atoms. The smallest absolute Gasteiger partial charge is 0.310 e. The first kappa shape index (κ1) is 15.3. The second-order valence-corrected chi connectivity index (χ2v) is 5.40. The van der Waals surface area contributed by atoms with Crippen LogP contribution in [0.2, 0.25) is 0 Å². The predicted molar refractivity (Wildman–Crippen MR) is 81.1 cm³/mol. The van der Waals surface area contributed by atoms with E-state index in [-0.39, 0.29) is 23.3 Å². The summed E-state index contributed by atoms with van der Waals surface area (Å²) >= 11 is 0. The van der Waals surface area contributed by atoms with Crippen LogP contribution in [0.25, 0.3) is 0 Å². The summed E-state index contributed by atoms with van der Waals surface area (Å²) in [5.74, 6) is 0. The van der Waals surface area contributed by atoms with E-state index in [4.69, 9.17) is 11.0 Å². The average molecular weight is 288 g/mol. The highest BCUT2D eigenvalue weighted by atomic mass is 16.6. The number of nitro benzene ring substituents is 1. The van der Waals surface area contributed by atoms with E-state index in [2.05, 4.69) is 0 Å². The number of hydrogen-bond acceptors (Lipinski definition) is 5. The standard InChI is InChI=1S/C15H20N4O2/c1-2-18(13-8-6-12(17)7-9-13)14-5-3-4-11(10-16)15(14)19(20)21/h3-5,12-13H,2,6-9,17H2,1H3. The molecule has 0 saturated heterocycles. The van der Waals surface area contributed by atoms with Gasteiger partial charge in [0.1, 0.15) is 17.3 Å². The van der Waals surface area contributed by atoms with Gasteiger partial charge in [-0.15, -0.1) is 0 Å². The van der Waals surface area contributed by atoms with Crippen molar-refractivity contribution >= 4 is 11.4 Å². The molecule has 21 heavy (non-hydrogen) atoms. The Bertz CT molecular complexity index is 559. The molecule has 0 aromatic heterocycles. The van der Waals surface area contributed by atoms with Crippen molar-refractivity contribution in [2.24, 2.45) is 5.73 Å². The molecular formula is C15H20N4O2. The number of benzene rings is 1. The lowest BCUT2D eigenvalue weighted by molar-refractivity contribution is -0.384. The minimum atomic E-state index is -0.453. The van der Waals surface area contributed by atoms with Crippen LogP contribution >= 0.6 is 0 Å². The summed E-state index contributed by atoms with van der Waals surface area (Å²) < 4.78 is 0. The quantitative estimate of drug-likeness (QED) is 0.678. The predicted octanol–water partition coefficient (Wildman–Crippen LogP) is 2.56. The van der Waals surface area contributed by atoms with Gasteiger partial charge in [0.25, 0.3) is 0 Å². The molecule has 2 N–H and O–H groups in total. The van der Waals surface area contributed by atoms with Gasteiger partial charge in [-0.05, 0) is 44.7 Å². The molecule has 1 saturated carbocycles. The van der Waals surface area contributed by atoms with Crippen molar-refractivity contribution in [2.75, 3.05) is 11.4 Å². The number of nitriles is 1. The van der Waals surface area contributed by atoms with E-state index in [1.54, 1.807) is 12.1 Å². The lowest BCUT2D eigenvalue weighted by Gasteiger charge is -2.36. The molecule has 1 aliphatic rings. The van der Waals surface area contributed by atoms with Crippen LogP contribution in [-0.2, 0) is 0 Å². The van der Waals surface area contributed by atoms with Crippen molar-refractivity contribution in [3.63, 3.8) is 0 Å². The highest BCUT2D eigenvalue weighted by Gasteiger charge is 2.29. The largest absolute Gasteiger partial charge is 0.363 e. The van der Waals surface area contributed by atoms with Crippen LogP contribution in [-0.4, -0.2) is 23.6 Å². The molecule has 0 radical (unpaired) electrons. The third-order valence-electron chi connectivity index (χ3n) is 4.15. The monoisotopic (exact) mass is 288 g/mol. The molecule has 6 heteroatoms. The van der Waals surface area contributed by atoms with E-state index in [0.717, 1.165) is 25.7 Å². The molecule has 0 aliphatic heterocycles. The Morgan fingerprint density at radius 3 is 2.62 bits per heavy atom. The van der Waals surface area contributed by atoms with Gasteiger partial charge in [-0.25, -0.2) is 0 Å². The molecule has 112 valence electrons. The molecule has 6 nitrogen and oxygen atoms in total. The summed E-state index contributed by atoms with van der Waals surface area (Å²) in [7, 11) is 0. The summed E-state index contributed by atoms with van der Waals surface area (Å²) in [5.41, 5.74) is 6.50. The number of anilines is 1. The van der Waals surface area contributed by atoms with Crippen LogP contribution in [0.5, 0.6) is 0 Å². The Labute approximate surface area is 124 Å². The fraction of sp³-hybridized carbons (Fsp3) is 0.533. The van der Waals surface area contributed by atoms with Crippen LogP contribution in [0.1, 0.15) is 38.2 Å². The Hall–Kier alpha value is -2.13. The number of nitrogens with two attached hydrogens (primary N) is 1. The van der Waals surface area contributed by atoms with Crippen LogP contribution < -0.4 is 10.6 Å². The summed E-state index contributed by atoms with van der Waals surface area (Å²) in [6, 6.07) is 7.34. The van der Waals surface area contributed by atoms with Gasteiger partial charge in [-0.1, -0.05) is 6.07 Å². The lowest BCUT2D eigenvalue weighted by atomic mass is 9.90. The fourth-order valence-electron chi connectivity index (χ4n) is 3.08. The van der Waals surface area contributed by atoms with Gasteiger partial charge >= 0.3 is 5.69 Å². The zero-order valence-electron chi connectivity index (χ0n) is 12.2. The van der Waals surface area contributed by atoms with E-state index < -0.39 is 4.92 Å². The molecule has 0 amide bonds. The van der Waals surface area contributed by atoms with Gasteiger partial charge in [-0.2, -0.15) is 5.26 Å². The van der Waals surface area contributed by atoms with E-state index >= 15 is 0 Å². The van der Waals surface area contributed by atoms with Crippen LogP contribution in [0.15, 0.2) is 18.2 Å². The third-order valence-corrected chi connectivity index (χ3v) is 4.15. The third kappa shape index (κ3) is 3.14. The lowest BCUT2D eigenvalue weighted by Crippen LogP contribution is -2.41. The topological polar surface area (TPSA) is 96.2 Å². The summed E-state index contributed by atoms with van der Waals surface area (Å²) in [6.45, 7) is 2.66. The number of rotatable bonds is 4. The van der Waals surface area contributed by atoms with Gasteiger partial charge in [-0.3, -0.25) is 10.1 Å². The number of hydrogen-bond donors (Lipinski definition) is 1. The van der Waals surface area contributed by atoms with Gasteiger partial charge in [0.05, 0.1) is 4.92 Å². The van der Waals surface area contributed by atoms with Crippen molar-refractivity contribution < 1.29 is 4.92 Å². The zero-order valence-corrected chi connectivity index (χ0v) is 12.2. The van der Waals surface area contributed by atoms with E-state index in [1.807, 2.05) is 17.9 Å². The molecule has 0 unspecified atom stereocenters. The number of nitrogens with zero attached hydrogens (tertiary/aromatic N) is 3. The van der Waals surface area contributed by atoms with Crippen LogP contribution in [0.4, 0.5) is 11.4 Å². The van der Waals surface area contributed by atoms with Gasteiger partial charge in [0.2, 0.25) is 0 Å². The summed E-state index contributed by atoms with van der Waals surface area (Å²) in [4.78, 5) is 13.0. The first-order valence-corrected chi connectivity index (χ1v) is 7.28. The van der Waals surface area contributed by atoms with Crippen LogP contribution in [0, 0.1) is 21.4 Å². The maximum atomic E-state index is 11.4. The Morgan fingerprint density at radius 2 is 2.10 bits per heavy atom. The zero-order chi connectivity index (χ0) is 15.4. The minimum absolute atomic E-state index is 0.0864. The second-order valence-electron chi connectivity index (χ2n) is 5.40. The minimum Gasteiger partial charge on any atom is -0.363 e. The van der Waals surface area contributed by atoms with Crippen LogP contribution in [0.3, 0.4) is 0 Å². The number of para-hydroxylation sites is 1. The molecular weight excluding hydrogens is 268 g/mol. The van der Waals surface area contributed by atoms with Crippen molar-refractivity contribution in [1.82, 2.24) is 0 Å². The first-order valence-electron chi connectivity index (χ1n) is 7.28. The van der Waals surface area contributed by atoms with Crippen molar-refractivity contribution in [1.29, 1.82) is 5.26 Å². The van der Waals surface area contributed by atoms with E-state index in [0.29, 0.717) is 12.2 Å². The Balaban J connectivity index is 2.38. The first-order chi connectivity index (χ1) is 10.1. The summed E-state index contributed by atoms with van der Waals surface area (Å²) in [6.07, 6.45) is 3.74. The second kappa shape index (κ2) is 6.55. The molecule has 1 fully saturated rings. The van der Waals surface area contributed by atoms with Gasteiger partial charge in [0, 0.05) is 18.6 Å². The van der Waals surface area contributed by atoms with Crippen molar-refractivity contribution in [2.45, 2.75) is 44.7 Å². The van der Waals surface area contributed by atoms with Gasteiger partial charge in [0.15, 0.2) is 0 Å². The summed E-state index contributed by atoms with van der Waals surface area (Å²) in [5, 5.41) is 20.5. The van der Waals surface area contributed by atoms with Gasteiger partial charge < -0.3 is 10.6 Å². The molecule has 0 heterocycles. The molecule has 1 aromatic rings. The highest BCUT2D eigenvalue weighted by Crippen LogP contribution is 2.35. The Kier molecular flexibility index (Phi) is 4.76. The molecule has 1 aromatic carbocycles. The molecule has 0 bridgehead atoms. The average Bonchev–Trinajstić information content (AvgIpc) is 2.49. The molecule has 0 atom stereocenters. The normalized spacial score (nSPS) is 21.6. The fourth-order valence-corrected chi connectivity index (χ4v) is 3.08. The molecule has 2 rings (SSSR count). The maximum absolute atomic E-state index is 11.4. The van der Waals surface area contributed by atoms with E-state index in [1.165, 1.54) is 6.07 Å². The van der Waals surface area contributed by atoms with Crippen molar-refractivity contribution in [3.8, 4) is 6.07 Å². The molecule has 1 aliphatic carbocycles. The highest BCUT2D eigenvalue weighted by molar-refractivity contribution is 5.70. The number of nitro groups is 1. The SMILES string of the molecule is CCN(c1cccc(C#N)c1[N+](=O)[O-])C1CCC(N)CC1. The van der Waals surface area contributed by atoms with Crippen molar-refractivity contribution in [3.05, 3.63) is 33.9 Å².